The Morgan fingerprint density at radius 1 is 1.26 bits per heavy atom. The molecule has 3 rings (SSSR count). The number of carbonyl (C=O) groups is 3. The molecule has 2 aromatic rings. The second kappa shape index (κ2) is 7.71. The first-order valence-corrected chi connectivity index (χ1v) is 8.65. The lowest BCUT2D eigenvalue weighted by Crippen LogP contribution is -2.46. The lowest BCUT2D eigenvalue weighted by atomic mass is 10.0. The molecule has 0 spiro atoms. The van der Waals surface area contributed by atoms with Gasteiger partial charge in [-0.1, -0.05) is 29.8 Å². The number of carbonyl (C=O) groups excluding carboxylic acids is 2. The quantitative estimate of drug-likeness (QED) is 0.600. The van der Waals surface area contributed by atoms with Gasteiger partial charge in [-0.25, -0.2) is 19.8 Å². The number of halogens is 1. The zero-order valence-electron chi connectivity index (χ0n) is 14.5. The second-order valence-electron chi connectivity index (χ2n) is 6.23. The highest BCUT2D eigenvalue weighted by atomic mass is 35.5. The first-order chi connectivity index (χ1) is 12.9. The summed E-state index contributed by atoms with van der Waals surface area (Å²) in [6.07, 6.45) is 1.92. The van der Waals surface area contributed by atoms with Crippen LogP contribution in [0.15, 0.2) is 30.5 Å². The average molecular weight is 389 g/mol. The maximum absolute atomic E-state index is 12.3. The highest BCUT2D eigenvalue weighted by molar-refractivity contribution is 6.37. The van der Waals surface area contributed by atoms with Crippen LogP contribution in [0.4, 0.5) is 4.79 Å². The van der Waals surface area contributed by atoms with Gasteiger partial charge in [-0.15, -0.1) is 0 Å². The van der Waals surface area contributed by atoms with Gasteiger partial charge in [0.2, 0.25) is 5.78 Å². The predicted molar refractivity (Wildman–Crippen MR) is 97.1 cm³/mol. The Kier molecular flexibility index (Phi) is 5.36. The van der Waals surface area contributed by atoms with Gasteiger partial charge in [0.05, 0.1) is 12.1 Å². The van der Waals surface area contributed by atoms with Crippen LogP contribution in [0.2, 0.25) is 5.02 Å². The molecule has 8 nitrogen and oxygen atoms in total. The van der Waals surface area contributed by atoms with Gasteiger partial charge >= 0.3 is 12.0 Å². The molecule has 0 saturated heterocycles. The van der Waals surface area contributed by atoms with Crippen LogP contribution in [0.3, 0.4) is 0 Å². The number of benzene rings is 1. The van der Waals surface area contributed by atoms with Crippen molar-refractivity contribution in [2.75, 3.05) is 7.05 Å². The molecule has 140 valence electrons. The molecule has 1 heterocycles. The fourth-order valence-corrected chi connectivity index (χ4v) is 2.74. The van der Waals surface area contributed by atoms with Gasteiger partial charge in [-0.2, -0.15) is 0 Å². The van der Waals surface area contributed by atoms with Crippen LogP contribution in [0, 0.1) is 0 Å². The molecule has 9 heteroatoms. The van der Waals surface area contributed by atoms with Crippen LogP contribution >= 0.6 is 11.6 Å². The van der Waals surface area contributed by atoms with Crippen molar-refractivity contribution >= 4 is 29.4 Å². The van der Waals surface area contributed by atoms with Gasteiger partial charge < -0.3 is 5.11 Å². The highest BCUT2D eigenvalue weighted by Crippen LogP contribution is 2.39. The normalized spacial score (nSPS) is 13.1. The molecule has 0 radical (unpaired) electrons. The van der Waals surface area contributed by atoms with Crippen LogP contribution in [0.5, 0.6) is 0 Å². The smallest absolute Gasteiger partial charge is 0.425 e. The first kappa shape index (κ1) is 18.8. The molecule has 1 aromatic heterocycles. The van der Waals surface area contributed by atoms with E-state index in [4.69, 9.17) is 16.7 Å². The van der Waals surface area contributed by atoms with E-state index in [9.17, 15) is 14.4 Å². The van der Waals surface area contributed by atoms with E-state index in [1.54, 1.807) is 30.5 Å². The number of amides is 2. The SMILES string of the molecule is CN(NC(=O)C(=O)Cc1nc(C2CC2)ncc1-c1ccccc1Cl)C(=O)O. The average Bonchev–Trinajstić information content (AvgIpc) is 3.47. The maximum atomic E-state index is 12.3. The lowest BCUT2D eigenvalue weighted by molar-refractivity contribution is -0.139. The summed E-state index contributed by atoms with van der Waals surface area (Å²) in [5.74, 6) is -0.934. The van der Waals surface area contributed by atoms with Gasteiger partial charge in [0.25, 0.3) is 0 Å². The van der Waals surface area contributed by atoms with E-state index in [0.29, 0.717) is 32.7 Å². The van der Waals surface area contributed by atoms with Crippen LogP contribution in [-0.2, 0) is 16.0 Å². The van der Waals surface area contributed by atoms with E-state index < -0.39 is 17.8 Å². The third-order valence-electron chi connectivity index (χ3n) is 4.13. The molecule has 1 fully saturated rings. The number of nitrogens with zero attached hydrogens (tertiary/aromatic N) is 3. The van der Waals surface area contributed by atoms with Gasteiger partial charge in [0.15, 0.2) is 0 Å². The van der Waals surface area contributed by atoms with Crippen molar-refractivity contribution in [1.82, 2.24) is 20.4 Å². The fourth-order valence-electron chi connectivity index (χ4n) is 2.51. The number of aromatic nitrogens is 2. The Labute approximate surface area is 160 Å². The third-order valence-corrected chi connectivity index (χ3v) is 4.46. The van der Waals surface area contributed by atoms with Crippen molar-refractivity contribution in [3.63, 3.8) is 0 Å². The first-order valence-electron chi connectivity index (χ1n) is 8.28. The Balaban J connectivity index is 1.89. The highest BCUT2D eigenvalue weighted by Gasteiger charge is 2.28. The summed E-state index contributed by atoms with van der Waals surface area (Å²) in [5, 5.41) is 9.79. The van der Waals surface area contributed by atoms with Crippen LogP contribution in [0.25, 0.3) is 11.1 Å². The molecule has 0 bridgehead atoms. The molecule has 1 aliphatic carbocycles. The van der Waals surface area contributed by atoms with Crippen molar-refractivity contribution in [3.8, 4) is 11.1 Å². The monoisotopic (exact) mass is 388 g/mol. The minimum absolute atomic E-state index is 0.270. The Morgan fingerprint density at radius 3 is 2.59 bits per heavy atom. The van der Waals surface area contributed by atoms with Crippen molar-refractivity contribution in [3.05, 3.63) is 47.0 Å². The van der Waals surface area contributed by atoms with Crippen LogP contribution < -0.4 is 5.43 Å². The molecule has 1 aliphatic rings. The van der Waals surface area contributed by atoms with Crippen molar-refractivity contribution in [2.24, 2.45) is 0 Å². The summed E-state index contributed by atoms with van der Waals surface area (Å²) in [7, 11) is 1.12. The number of hydrogen-bond acceptors (Lipinski definition) is 5. The van der Waals surface area contributed by atoms with Gasteiger partial charge in [0.1, 0.15) is 5.82 Å². The summed E-state index contributed by atoms with van der Waals surface area (Å²) in [6.45, 7) is 0. The van der Waals surface area contributed by atoms with Crippen LogP contribution in [0.1, 0.15) is 30.3 Å². The Hall–Kier alpha value is -3.00. The zero-order chi connectivity index (χ0) is 19.6. The largest absolute Gasteiger partial charge is 0.464 e. The van der Waals surface area contributed by atoms with Crippen molar-refractivity contribution in [1.29, 1.82) is 0 Å². The lowest BCUT2D eigenvalue weighted by Gasteiger charge is -2.14. The number of hydrazine groups is 1. The Bertz CT molecular complexity index is 914. The van der Waals surface area contributed by atoms with Gasteiger partial charge in [-0.05, 0) is 18.9 Å². The Morgan fingerprint density at radius 2 is 1.96 bits per heavy atom. The summed E-state index contributed by atoms with van der Waals surface area (Å²) in [6, 6.07) is 7.08. The number of ketones is 1. The third kappa shape index (κ3) is 4.40. The van der Waals surface area contributed by atoms with E-state index in [-0.39, 0.29) is 12.3 Å². The molecular weight excluding hydrogens is 372 g/mol. The number of rotatable bonds is 5. The van der Waals surface area contributed by atoms with E-state index >= 15 is 0 Å². The fraction of sp³-hybridized carbons (Fsp3) is 0.278. The molecule has 0 atom stereocenters. The maximum Gasteiger partial charge on any atom is 0.425 e. The number of hydrogen-bond donors (Lipinski definition) is 2. The molecule has 2 N–H and O–H groups in total. The summed E-state index contributed by atoms with van der Waals surface area (Å²) in [4.78, 5) is 43.9. The van der Waals surface area contributed by atoms with Crippen molar-refractivity contribution in [2.45, 2.75) is 25.2 Å². The summed E-state index contributed by atoms with van der Waals surface area (Å²) in [5.41, 5.74) is 3.61. The second-order valence-corrected chi connectivity index (χ2v) is 6.63. The summed E-state index contributed by atoms with van der Waals surface area (Å²) < 4.78 is 0. The topological polar surface area (TPSA) is 112 Å². The molecule has 2 amide bonds. The number of nitrogens with one attached hydrogen (secondary N) is 1. The van der Waals surface area contributed by atoms with Crippen LogP contribution in [-0.4, -0.2) is 44.9 Å². The van der Waals surface area contributed by atoms with E-state index in [0.717, 1.165) is 19.9 Å². The zero-order valence-corrected chi connectivity index (χ0v) is 15.2. The number of carboxylic acid groups (broad SMARTS) is 1. The molecule has 1 aromatic carbocycles. The van der Waals surface area contributed by atoms with Crippen molar-refractivity contribution < 1.29 is 19.5 Å². The molecular formula is C18H17ClN4O4. The minimum Gasteiger partial charge on any atom is -0.464 e. The minimum atomic E-state index is -1.38. The van der Waals surface area contributed by atoms with E-state index in [2.05, 4.69) is 9.97 Å². The molecule has 1 saturated carbocycles. The standard InChI is InChI=1S/C18H17ClN4O4/c1-23(18(26)27)22-17(25)15(24)8-14-12(11-4-2-3-5-13(11)19)9-20-16(21-14)10-6-7-10/h2-5,9-10H,6-8H2,1H3,(H,22,25)(H,26,27). The van der Waals surface area contributed by atoms with Gasteiger partial charge in [-0.3, -0.25) is 15.0 Å². The van der Waals surface area contributed by atoms with E-state index in [1.165, 1.54) is 0 Å². The van der Waals surface area contributed by atoms with E-state index in [1.807, 2.05) is 5.43 Å². The molecule has 0 aliphatic heterocycles. The van der Waals surface area contributed by atoms with Gasteiger partial charge in [0, 0.05) is 35.3 Å². The molecule has 27 heavy (non-hydrogen) atoms. The number of Topliss-reactive ketones (excluding diaryl/α,β-unsaturated/α-hetero) is 1. The summed E-state index contributed by atoms with van der Waals surface area (Å²) >= 11 is 6.26. The predicted octanol–water partition coefficient (Wildman–Crippen LogP) is 2.43. The molecule has 0 unspecified atom stereocenters.